The predicted molar refractivity (Wildman–Crippen MR) is 270 cm³/mol. The van der Waals surface area contributed by atoms with Crippen molar-refractivity contribution in [3.05, 3.63) is 60.8 Å². The average molecular weight is 905 g/mol. The van der Waals surface area contributed by atoms with Crippen LogP contribution < -0.4 is 10.2 Å². The molecule has 3 unspecified atom stereocenters. The van der Waals surface area contributed by atoms with Crippen molar-refractivity contribution in [2.75, 3.05) is 40.9 Å². The Morgan fingerprint density at radius 2 is 0.968 bits per heavy atom. The van der Waals surface area contributed by atoms with E-state index in [9.17, 15) is 19.4 Å². The maximum atomic E-state index is 12.9. The summed E-state index contributed by atoms with van der Waals surface area (Å²) in [6.07, 6.45) is 59.9. The van der Waals surface area contributed by atoms with Gasteiger partial charge in [0, 0.05) is 6.42 Å². The molecular weight excluding hydrogens is 804 g/mol. The van der Waals surface area contributed by atoms with E-state index in [1.54, 1.807) is 6.08 Å². The Bertz CT molecular complexity index is 1210. The molecule has 63 heavy (non-hydrogen) atoms. The smallest absolute Gasteiger partial charge is 0.268 e. The van der Waals surface area contributed by atoms with E-state index in [0.717, 1.165) is 64.2 Å². The van der Waals surface area contributed by atoms with E-state index in [2.05, 4.69) is 67.8 Å². The summed E-state index contributed by atoms with van der Waals surface area (Å²) in [7, 11) is 1.26. The number of hydrogen-bond acceptors (Lipinski definition) is 6. The van der Waals surface area contributed by atoms with Gasteiger partial charge < -0.3 is 28.8 Å². The van der Waals surface area contributed by atoms with Crippen LogP contribution in [0.4, 0.5) is 0 Å². The van der Waals surface area contributed by atoms with Gasteiger partial charge in [-0.2, -0.15) is 0 Å². The van der Waals surface area contributed by atoms with Gasteiger partial charge in [-0.3, -0.25) is 9.36 Å². The fraction of sp³-hybridized carbons (Fsp3) is 0.796. The van der Waals surface area contributed by atoms with Gasteiger partial charge in [0.05, 0.1) is 39.9 Å². The van der Waals surface area contributed by atoms with Crippen LogP contribution >= 0.6 is 7.82 Å². The normalized spacial score (nSPS) is 14.6. The Morgan fingerprint density at radius 3 is 1.41 bits per heavy atom. The fourth-order valence-electron chi connectivity index (χ4n) is 7.38. The van der Waals surface area contributed by atoms with Gasteiger partial charge in [0.2, 0.25) is 5.91 Å². The lowest BCUT2D eigenvalue weighted by Crippen LogP contribution is -2.45. The molecule has 9 heteroatoms. The van der Waals surface area contributed by atoms with E-state index in [1.165, 1.54) is 141 Å². The summed E-state index contributed by atoms with van der Waals surface area (Å²) >= 11 is 0. The number of aliphatic hydroxyl groups is 1. The van der Waals surface area contributed by atoms with Gasteiger partial charge in [0.15, 0.2) is 0 Å². The molecular formula is C54H101N2O6P. The molecule has 0 heterocycles. The first-order chi connectivity index (χ1) is 30.5. The highest BCUT2D eigenvalue weighted by Gasteiger charge is 2.23. The number of carbonyl (C=O) groups is 1. The summed E-state index contributed by atoms with van der Waals surface area (Å²) in [5.74, 6) is -0.199. The molecule has 0 spiro atoms. The number of allylic oxidation sites excluding steroid dienone is 9. The highest BCUT2D eigenvalue weighted by Crippen LogP contribution is 2.38. The van der Waals surface area contributed by atoms with E-state index in [1.807, 2.05) is 27.2 Å². The lowest BCUT2D eigenvalue weighted by atomic mass is 10.0. The summed E-state index contributed by atoms with van der Waals surface area (Å²) in [5, 5.41) is 13.8. The molecule has 0 aromatic rings. The lowest BCUT2D eigenvalue weighted by molar-refractivity contribution is -0.870. The number of aliphatic hydroxyl groups excluding tert-OH is 1. The zero-order valence-corrected chi connectivity index (χ0v) is 42.7. The highest BCUT2D eigenvalue weighted by molar-refractivity contribution is 7.45. The van der Waals surface area contributed by atoms with Gasteiger partial charge >= 0.3 is 0 Å². The Morgan fingerprint density at radius 1 is 0.571 bits per heavy atom. The minimum Gasteiger partial charge on any atom is -0.756 e. The van der Waals surface area contributed by atoms with Crippen LogP contribution in [0.2, 0.25) is 0 Å². The van der Waals surface area contributed by atoms with Crippen LogP contribution in [0.3, 0.4) is 0 Å². The number of amides is 1. The summed E-state index contributed by atoms with van der Waals surface area (Å²) < 4.78 is 23.3. The molecule has 0 aliphatic rings. The second kappa shape index (κ2) is 45.4. The van der Waals surface area contributed by atoms with Crippen molar-refractivity contribution in [1.29, 1.82) is 0 Å². The second-order valence-electron chi connectivity index (χ2n) is 18.9. The maximum Gasteiger partial charge on any atom is 0.268 e. The van der Waals surface area contributed by atoms with E-state index < -0.39 is 20.0 Å². The molecule has 0 rings (SSSR count). The summed E-state index contributed by atoms with van der Waals surface area (Å²) in [6, 6.07) is -0.887. The first-order valence-electron chi connectivity index (χ1n) is 26.2. The molecule has 8 nitrogen and oxygen atoms in total. The van der Waals surface area contributed by atoms with Gasteiger partial charge in [-0.15, -0.1) is 0 Å². The van der Waals surface area contributed by atoms with E-state index in [0.29, 0.717) is 17.4 Å². The van der Waals surface area contributed by atoms with Crippen LogP contribution in [0, 0.1) is 0 Å². The van der Waals surface area contributed by atoms with Crippen molar-refractivity contribution in [3.8, 4) is 0 Å². The van der Waals surface area contributed by atoms with Crippen molar-refractivity contribution >= 4 is 13.7 Å². The molecule has 0 aromatic carbocycles. The van der Waals surface area contributed by atoms with E-state index in [-0.39, 0.29) is 19.1 Å². The van der Waals surface area contributed by atoms with Crippen LogP contribution in [-0.4, -0.2) is 68.5 Å². The summed E-state index contributed by atoms with van der Waals surface area (Å²) in [6.45, 7) is 4.54. The molecule has 0 aliphatic carbocycles. The number of unbranched alkanes of at least 4 members (excludes halogenated alkanes) is 26. The molecule has 0 fully saturated rings. The number of phosphoric ester groups is 1. The van der Waals surface area contributed by atoms with Crippen LogP contribution in [0.25, 0.3) is 0 Å². The number of nitrogens with zero attached hydrogens (tertiary/aromatic N) is 1. The monoisotopic (exact) mass is 905 g/mol. The third-order valence-corrected chi connectivity index (χ3v) is 12.4. The minimum atomic E-state index is -4.59. The van der Waals surface area contributed by atoms with Crippen molar-refractivity contribution < 1.29 is 32.9 Å². The van der Waals surface area contributed by atoms with Gasteiger partial charge in [0.1, 0.15) is 13.2 Å². The Hall–Kier alpha value is -1.80. The van der Waals surface area contributed by atoms with Crippen LogP contribution in [0.15, 0.2) is 60.8 Å². The molecule has 0 bridgehead atoms. The minimum absolute atomic E-state index is 0.00220. The molecule has 0 aromatic heterocycles. The number of carbonyl (C=O) groups excluding carboxylic acids is 1. The van der Waals surface area contributed by atoms with Crippen LogP contribution in [-0.2, 0) is 18.4 Å². The number of hydrogen-bond donors (Lipinski definition) is 2. The maximum absolute atomic E-state index is 12.9. The van der Waals surface area contributed by atoms with E-state index in [4.69, 9.17) is 9.05 Å². The molecule has 0 radical (unpaired) electrons. The van der Waals surface area contributed by atoms with Crippen LogP contribution in [0.5, 0.6) is 0 Å². The quantitative estimate of drug-likeness (QED) is 0.0273. The first-order valence-corrected chi connectivity index (χ1v) is 27.6. The van der Waals surface area contributed by atoms with Crippen LogP contribution in [0.1, 0.15) is 226 Å². The zero-order valence-electron chi connectivity index (χ0n) is 41.8. The number of phosphoric acid groups is 1. The zero-order chi connectivity index (χ0) is 46.4. The Balaban J connectivity index is 4.19. The van der Waals surface area contributed by atoms with Gasteiger partial charge in [0.25, 0.3) is 7.82 Å². The topological polar surface area (TPSA) is 108 Å². The second-order valence-corrected chi connectivity index (χ2v) is 20.3. The molecule has 0 aliphatic heterocycles. The van der Waals surface area contributed by atoms with Gasteiger partial charge in [-0.1, -0.05) is 222 Å². The molecule has 368 valence electrons. The van der Waals surface area contributed by atoms with Gasteiger partial charge in [-0.25, -0.2) is 0 Å². The standard InChI is InChI=1S/C54H101N2O6P/c1-6-8-10-12-14-16-18-20-22-23-24-25-26-27-28-29-30-31-32-33-34-36-38-40-42-44-46-48-54(58)55-52(51-62-63(59,60)61-50-49-56(3,4)5)53(57)47-45-43-41-39-37-35-21-19-17-15-13-11-9-7-2/h8,10,14,16,20,22,24-25,45,47,52-53,57H,6-7,9,11-13,15,17-19,21,23,26-44,46,48-51H2,1-5H3,(H-,55,58,59,60)/b10-8-,16-14-,22-20-,25-24-,47-45+. The highest BCUT2D eigenvalue weighted by atomic mass is 31.2. The molecule has 0 saturated carbocycles. The molecule has 1 amide bonds. The predicted octanol–water partition coefficient (Wildman–Crippen LogP) is 14.7. The number of nitrogens with one attached hydrogen (secondary N) is 1. The lowest BCUT2D eigenvalue weighted by Gasteiger charge is -2.29. The Kier molecular flexibility index (Phi) is 44.1. The Labute approximate surface area is 390 Å². The van der Waals surface area contributed by atoms with Crippen molar-refractivity contribution in [2.45, 2.75) is 238 Å². The third-order valence-electron chi connectivity index (χ3n) is 11.5. The number of likely N-dealkylation sites (N-methyl/N-ethyl adjacent to an activating group) is 1. The molecule has 0 saturated heterocycles. The van der Waals surface area contributed by atoms with Crippen molar-refractivity contribution in [1.82, 2.24) is 5.32 Å². The third kappa shape index (κ3) is 48.0. The molecule has 2 N–H and O–H groups in total. The van der Waals surface area contributed by atoms with E-state index >= 15 is 0 Å². The molecule has 3 atom stereocenters. The number of quaternary nitrogens is 1. The average Bonchev–Trinajstić information content (AvgIpc) is 3.24. The SMILES string of the molecule is CC/C=C\C/C=C\C/C=C\C/C=C\CCCCCCCCCCCCCCCCC(=O)NC(COP(=O)([O-])OCC[N+](C)(C)C)C(O)/C=C/CCCCCCCCCCCCCC. The fourth-order valence-corrected chi connectivity index (χ4v) is 8.10. The number of rotatable bonds is 47. The van der Waals surface area contributed by atoms with Crippen molar-refractivity contribution in [2.24, 2.45) is 0 Å². The van der Waals surface area contributed by atoms with Crippen molar-refractivity contribution in [3.63, 3.8) is 0 Å². The summed E-state index contributed by atoms with van der Waals surface area (Å²) in [5.41, 5.74) is 0. The van der Waals surface area contributed by atoms with Gasteiger partial charge in [-0.05, 0) is 57.8 Å². The summed E-state index contributed by atoms with van der Waals surface area (Å²) in [4.78, 5) is 25.4. The largest absolute Gasteiger partial charge is 0.756 e. The first kappa shape index (κ1) is 61.2.